The molecule has 2 aromatic carbocycles. The molecule has 0 spiro atoms. The van der Waals surface area contributed by atoms with Gasteiger partial charge in [0, 0.05) is 0 Å². The van der Waals surface area contributed by atoms with Gasteiger partial charge in [0.25, 0.3) is 0 Å². The summed E-state index contributed by atoms with van der Waals surface area (Å²) in [6.07, 6.45) is 13.3. The summed E-state index contributed by atoms with van der Waals surface area (Å²) in [6.45, 7) is 24.3. The molecule has 1 atom stereocenters. The van der Waals surface area contributed by atoms with Crippen LogP contribution in [0.15, 0.2) is 56.9 Å². The summed E-state index contributed by atoms with van der Waals surface area (Å²) in [7, 11) is 0. The van der Waals surface area contributed by atoms with Crippen molar-refractivity contribution in [1.82, 2.24) is 0 Å². The van der Waals surface area contributed by atoms with Crippen molar-refractivity contribution in [3.05, 3.63) is 79.2 Å². The molecule has 1 heteroatoms. The second-order valence-corrected chi connectivity index (χ2v) is 25.3. The van der Waals surface area contributed by atoms with Crippen molar-refractivity contribution in [2.75, 3.05) is 0 Å². The zero-order valence-electron chi connectivity index (χ0n) is 28.9. The number of allylic oxidation sites excluding steroid dienone is 4. The Kier molecular flexibility index (Phi) is 7.30. The molecule has 6 aliphatic carbocycles. The molecule has 0 radical (unpaired) electrons. The van der Waals surface area contributed by atoms with Gasteiger partial charge in [-0.1, -0.05) is 0 Å². The van der Waals surface area contributed by atoms with Crippen LogP contribution in [-0.2, 0) is 32.1 Å². The first kappa shape index (κ1) is 30.3. The Hall–Kier alpha value is -1.33. The molecular weight excluding hydrogens is 596 g/mol. The van der Waals surface area contributed by atoms with Crippen LogP contribution in [0.4, 0.5) is 0 Å². The predicted octanol–water partition coefficient (Wildman–Crippen LogP) is 11.6. The van der Waals surface area contributed by atoms with Crippen molar-refractivity contribution in [3.63, 3.8) is 0 Å². The second kappa shape index (κ2) is 10.3. The van der Waals surface area contributed by atoms with Gasteiger partial charge in [-0.3, -0.25) is 0 Å². The summed E-state index contributed by atoms with van der Waals surface area (Å²) in [5.41, 5.74) is 13.7. The topological polar surface area (TPSA) is 0 Å². The molecule has 6 aliphatic rings. The van der Waals surface area contributed by atoms with Gasteiger partial charge >= 0.3 is 272 Å². The van der Waals surface area contributed by atoms with E-state index >= 15 is 0 Å². The molecule has 0 amide bonds. The molecule has 0 aromatic heterocycles. The maximum absolute atomic E-state index is 2.76. The van der Waals surface area contributed by atoms with Crippen LogP contribution in [-0.4, -0.2) is 3.21 Å². The van der Waals surface area contributed by atoms with Crippen LogP contribution in [0.3, 0.4) is 0 Å². The number of hydrogen-bond acceptors (Lipinski definition) is 0. The molecule has 0 N–H and O–H groups in total. The number of hydrogen-bond donors (Lipinski definition) is 0. The fourth-order valence-corrected chi connectivity index (χ4v) is 19.9. The quantitative estimate of drug-likeness (QED) is 0.309. The summed E-state index contributed by atoms with van der Waals surface area (Å²) in [5, 5.41) is 0. The molecule has 0 saturated heterocycles. The van der Waals surface area contributed by atoms with Crippen LogP contribution in [0.25, 0.3) is 11.1 Å². The van der Waals surface area contributed by atoms with Gasteiger partial charge in [0.05, 0.1) is 0 Å². The first-order valence-electron chi connectivity index (χ1n) is 17.5. The van der Waals surface area contributed by atoms with Gasteiger partial charge in [0.15, 0.2) is 0 Å². The Balaban J connectivity index is 1.32. The monoisotopic (exact) mass is 650 g/mol. The van der Waals surface area contributed by atoms with E-state index in [4.69, 9.17) is 0 Å². The SMILES string of the molecule is CC1=[C]([Zr](=[C](C)C)[CH]2c3ccc(C(C)(C)C)cc3-c3cc(C(C)(C)C)ccc32)C(C)C=C1CC12CC3CC(CC(C3)C1)C2. The Morgan fingerprint density at radius 1 is 0.767 bits per heavy atom. The van der Waals surface area contributed by atoms with Gasteiger partial charge in [-0.05, 0) is 0 Å². The molecule has 228 valence electrons. The third kappa shape index (κ3) is 5.15. The average molecular weight is 652 g/mol. The fraction of sp³-hybridized carbons (Fsp3) is 0.595. The third-order valence-electron chi connectivity index (χ3n) is 12.4. The Morgan fingerprint density at radius 2 is 1.23 bits per heavy atom. The Labute approximate surface area is 271 Å². The first-order valence-corrected chi connectivity index (χ1v) is 21.4. The summed E-state index contributed by atoms with van der Waals surface area (Å²) >= 11 is -2.31. The van der Waals surface area contributed by atoms with Crippen LogP contribution in [0, 0.1) is 29.1 Å². The van der Waals surface area contributed by atoms with Crippen LogP contribution in [0.1, 0.15) is 140 Å². The minimum atomic E-state index is -2.31. The number of fused-ring (bicyclic) bond motifs is 3. The van der Waals surface area contributed by atoms with Gasteiger partial charge < -0.3 is 0 Å². The number of benzene rings is 2. The van der Waals surface area contributed by atoms with Gasteiger partial charge in [-0.25, -0.2) is 0 Å². The first-order chi connectivity index (χ1) is 20.1. The molecule has 1 unspecified atom stereocenters. The third-order valence-corrected chi connectivity index (χ3v) is 21.5. The van der Waals surface area contributed by atoms with Crippen molar-refractivity contribution < 1.29 is 21.3 Å². The molecule has 4 fully saturated rings. The van der Waals surface area contributed by atoms with Gasteiger partial charge in [-0.15, -0.1) is 0 Å². The van der Waals surface area contributed by atoms with E-state index in [1.54, 1.807) is 44.7 Å². The number of rotatable bonds is 4. The van der Waals surface area contributed by atoms with Crippen molar-refractivity contribution in [2.45, 2.75) is 129 Å². The van der Waals surface area contributed by atoms with Crippen molar-refractivity contribution in [3.8, 4) is 11.1 Å². The molecule has 0 heterocycles. The van der Waals surface area contributed by atoms with Gasteiger partial charge in [0.2, 0.25) is 0 Å². The predicted molar refractivity (Wildman–Crippen MR) is 183 cm³/mol. The van der Waals surface area contributed by atoms with Crippen LogP contribution in [0.2, 0.25) is 0 Å². The summed E-state index contributed by atoms with van der Waals surface area (Å²) in [5.74, 6) is 3.71. The molecule has 43 heavy (non-hydrogen) atoms. The van der Waals surface area contributed by atoms with E-state index in [-0.39, 0.29) is 10.8 Å². The van der Waals surface area contributed by atoms with Crippen LogP contribution in [0.5, 0.6) is 0 Å². The molecule has 4 bridgehead atoms. The molecule has 0 nitrogen and oxygen atoms in total. The molecule has 4 saturated carbocycles. The summed E-state index contributed by atoms with van der Waals surface area (Å²) in [6, 6.07) is 15.2. The van der Waals surface area contributed by atoms with E-state index in [9.17, 15) is 0 Å². The van der Waals surface area contributed by atoms with E-state index in [1.807, 2.05) is 3.28 Å². The second-order valence-electron chi connectivity index (χ2n) is 18.1. The van der Waals surface area contributed by atoms with Crippen LogP contribution >= 0.6 is 0 Å². The molecular formula is C42H56Zr. The van der Waals surface area contributed by atoms with Gasteiger partial charge in [-0.2, -0.15) is 0 Å². The van der Waals surface area contributed by atoms with E-state index in [0.717, 1.165) is 17.8 Å². The van der Waals surface area contributed by atoms with E-state index in [0.29, 0.717) is 15.0 Å². The normalized spacial score (nSPS) is 29.7. The fourth-order valence-electron chi connectivity index (χ4n) is 10.8. The molecule has 0 aliphatic heterocycles. The maximum atomic E-state index is 2.76. The van der Waals surface area contributed by atoms with Crippen molar-refractivity contribution in [2.24, 2.45) is 29.1 Å². The van der Waals surface area contributed by atoms with Gasteiger partial charge in [0.1, 0.15) is 0 Å². The van der Waals surface area contributed by atoms with Crippen molar-refractivity contribution >= 4 is 3.21 Å². The average Bonchev–Trinajstić information content (AvgIpc) is 3.35. The summed E-state index contributed by atoms with van der Waals surface area (Å²) < 4.78 is 4.25. The van der Waals surface area contributed by atoms with E-state index < -0.39 is 21.3 Å². The van der Waals surface area contributed by atoms with Crippen molar-refractivity contribution in [1.29, 1.82) is 0 Å². The standard InChI is InChI=1S/C21H25.C18H25.C3H6.Zr/c1-20(2,3)16-9-7-14-11-15-8-10-17(21(4,5)6)13-19(15)18(14)12-16;1-12-3-13(2)17(4-12)11-18-8-14-5-15(9-18)7-16(6-14)10-18;1-3-2;/h7-13H,1-6H3;4,12,14-16H,5-11H2,1-2H3;1-2H3;. The van der Waals surface area contributed by atoms with E-state index in [2.05, 4.69) is 112 Å². The van der Waals surface area contributed by atoms with Crippen LogP contribution < -0.4 is 0 Å². The summed E-state index contributed by atoms with van der Waals surface area (Å²) in [4.78, 5) is 0. The molecule has 8 rings (SSSR count). The zero-order chi connectivity index (χ0) is 30.6. The van der Waals surface area contributed by atoms with E-state index in [1.165, 1.54) is 47.9 Å². The zero-order valence-corrected chi connectivity index (χ0v) is 31.3. The Morgan fingerprint density at radius 3 is 1.65 bits per heavy atom. The minimum absolute atomic E-state index is 0.151. The Bertz CT molecular complexity index is 1470. The molecule has 2 aromatic rings.